The van der Waals surface area contributed by atoms with Crippen LogP contribution in [0.15, 0.2) is 35.6 Å². The van der Waals surface area contributed by atoms with Gasteiger partial charge in [0.25, 0.3) is 0 Å². The summed E-state index contributed by atoms with van der Waals surface area (Å²) in [5.74, 6) is 8.88. The molecule has 0 aromatic carbocycles. The van der Waals surface area contributed by atoms with Crippen LogP contribution in [0.3, 0.4) is 0 Å². The monoisotopic (exact) mass is 527 g/mol. The minimum atomic E-state index is 0.366. The van der Waals surface area contributed by atoms with E-state index in [0.717, 1.165) is 77.3 Å². The van der Waals surface area contributed by atoms with Crippen LogP contribution in [0.2, 0.25) is 0 Å². The number of fused-ring (bicyclic) bond motifs is 4. The SMILES string of the molecule is CC1CCC2C3CC=CC=C3C3CCC=C4C3C3C2C1CCC3N4C1NC2CCCC2C(C2CCCCC2)N1. The molecule has 9 aliphatic rings. The molecule has 0 amide bonds. The number of nitrogens with zero attached hydrogens (tertiary/aromatic N) is 1. The lowest BCUT2D eigenvalue weighted by atomic mass is 9.53. The second-order valence-corrected chi connectivity index (χ2v) is 15.7. The number of allylic oxidation sites excluding steroid dienone is 6. The first-order valence-corrected chi connectivity index (χ1v) is 17.6. The Balaban J connectivity index is 1.12. The van der Waals surface area contributed by atoms with E-state index in [1.807, 2.05) is 5.57 Å². The van der Waals surface area contributed by atoms with Crippen molar-refractivity contribution in [3.8, 4) is 0 Å². The zero-order chi connectivity index (χ0) is 25.7. The second-order valence-electron chi connectivity index (χ2n) is 15.7. The first-order chi connectivity index (χ1) is 19.3. The van der Waals surface area contributed by atoms with Crippen LogP contribution in [0.5, 0.6) is 0 Å². The van der Waals surface area contributed by atoms with E-state index in [1.165, 1.54) is 96.3 Å². The van der Waals surface area contributed by atoms with Crippen molar-refractivity contribution in [1.82, 2.24) is 15.5 Å². The molecule has 7 fully saturated rings. The molecule has 212 valence electrons. The van der Waals surface area contributed by atoms with Gasteiger partial charge in [0.15, 0.2) is 0 Å². The number of rotatable bonds is 2. The predicted octanol–water partition coefficient (Wildman–Crippen LogP) is 7.38. The molecule has 9 rings (SSSR count). The Morgan fingerprint density at radius 2 is 1.67 bits per heavy atom. The zero-order valence-electron chi connectivity index (χ0n) is 24.4. The molecule has 7 aliphatic carbocycles. The minimum absolute atomic E-state index is 0.366. The van der Waals surface area contributed by atoms with E-state index < -0.39 is 0 Å². The summed E-state index contributed by atoms with van der Waals surface area (Å²) in [5, 5.41) is 8.75. The van der Waals surface area contributed by atoms with Crippen molar-refractivity contribution >= 4 is 0 Å². The van der Waals surface area contributed by atoms with Crippen molar-refractivity contribution in [2.45, 2.75) is 128 Å². The van der Waals surface area contributed by atoms with Crippen LogP contribution >= 0.6 is 0 Å². The fourth-order valence-electron chi connectivity index (χ4n) is 13.1. The van der Waals surface area contributed by atoms with Crippen LogP contribution in [0.1, 0.15) is 103 Å². The van der Waals surface area contributed by atoms with Crippen molar-refractivity contribution in [3.05, 3.63) is 35.6 Å². The minimum Gasteiger partial charge on any atom is -0.344 e. The molecule has 5 saturated carbocycles. The van der Waals surface area contributed by atoms with Gasteiger partial charge in [0, 0.05) is 29.7 Å². The summed E-state index contributed by atoms with van der Waals surface area (Å²) in [7, 11) is 0. The Morgan fingerprint density at radius 1 is 0.769 bits per heavy atom. The number of hydrogen-bond donors (Lipinski definition) is 2. The molecule has 3 heteroatoms. The standard InChI is InChI=1S/C36H53N3/c1-21-17-18-27-25-12-6-5-11-24(25)26-13-8-16-30-33(26)34-31(20-19-23(21)32(27)34)39(30)36-37-29-15-7-14-28(29)35(38-36)22-9-3-2-4-10-22/h5-6,11,16,21-23,25-29,31-38H,2-4,7-10,12-15,17-20H2,1H3. The molecular weight excluding hydrogens is 474 g/mol. The summed E-state index contributed by atoms with van der Waals surface area (Å²) in [6.07, 6.45) is 32.3. The molecule has 0 aromatic heterocycles. The van der Waals surface area contributed by atoms with Gasteiger partial charge in [-0.15, -0.1) is 0 Å². The Hall–Kier alpha value is -1.06. The van der Waals surface area contributed by atoms with Gasteiger partial charge in [-0.2, -0.15) is 0 Å². The smallest absolute Gasteiger partial charge is 0.135 e. The summed E-state index contributed by atoms with van der Waals surface area (Å²) in [6.45, 7) is 2.63. The van der Waals surface area contributed by atoms with Crippen molar-refractivity contribution in [3.63, 3.8) is 0 Å². The van der Waals surface area contributed by atoms with E-state index in [0.29, 0.717) is 6.29 Å². The molecule has 13 atom stereocenters. The summed E-state index contributed by atoms with van der Waals surface area (Å²) < 4.78 is 0. The van der Waals surface area contributed by atoms with Crippen molar-refractivity contribution in [1.29, 1.82) is 0 Å². The number of hydrogen-bond acceptors (Lipinski definition) is 3. The van der Waals surface area contributed by atoms with Crippen LogP contribution in [0.4, 0.5) is 0 Å². The molecule has 2 heterocycles. The third-order valence-electron chi connectivity index (χ3n) is 14.4. The highest BCUT2D eigenvalue weighted by Gasteiger charge is 2.63. The largest absolute Gasteiger partial charge is 0.344 e. The van der Waals surface area contributed by atoms with Gasteiger partial charge in [0.05, 0.1) is 0 Å². The zero-order valence-corrected chi connectivity index (χ0v) is 24.4. The lowest BCUT2D eigenvalue weighted by Gasteiger charge is -2.54. The Morgan fingerprint density at radius 3 is 2.59 bits per heavy atom. The Kier molecular flexibility index (Phi) is 5.96. The molecular formula is C36H53N3. The van der Waals surface area contributed by atoms with E-state index >= 15 is 0 Å². The third-order valence-corrected chi connectivity index (χ3v) is 14.4. The van der Waals surface area contributed by atoms with E-state index in [9.17, 15) is 0 Å². The lowest BCUT2D eigenvalue weighted by molar-refractivity contribution is -0.0458. The van der Waals surface area contributed by atoms with Crippen LogP contribution < -0.4 is 10.6 Å². The molecule has 2 saturated heterocycles. The molecule has 39 heavy (non-hydrogen) atoms. The van der Waals surface area contributed by atoms with Gasteiger partial charge in [0.2, 0.25) is 0 Å². The van der Waals surface area contributed by atoms with Crippen LogP contribution in [-0.2, 0) is 0 Å². The quantitative estimate of drug-likeness (QED) is 0.392. The van der Waals surface area contributed by atoms with Gasteiger partial charge >= 0.3 is 0 Å². The summed E-state index contributed by atoms with van der Waals surface area (Å²) in [6, 6.07) is 2.23. The van der Waals surface area contributed by atoms with Crippen molar-refractivity contribution in [2.24, 2.45) is 59.2 Å². The first kappa shape index (κ1) is 24.5. The van der Waals surface area contributed by atoms with Gasteiger partial charge in [0.1, 0.15) is 6.29 Å². The predicted molar refractivity (Wildman–Crippen MR) is 158 cm³/mol. The second kappa shape index (κ2) is 9.48. The average Bonchev–Trinajstić information content (AvgIpc) is 3.57. The average molecular weight is 528 g/mol. The molecule has 2 N–H and O–H groups in total. The van der Waals surface area contributed by atoms with Crippen molar-refractivity contribution in [2.75, 3.05) is 0 Å². The maximum atomic E-state index is 4.43. The molecule has 13 unspecified atom stereocenters. The third kappa shape index (κ3) is 3.60. The Labute approximate surface area is 237 Å². The van der Waals surface area contributed by atoms with Gasteiger partial charge < -0.3 is 4.90 Å². The van der Waals surface area contributed by atoms with E-state index in [1.54, 1.807) is 5.70 Å². The fraction of sp³-hybridized carbons (Fsp3) is 0.833. The van der Waals surface area contributed by atoms with E-state index in [-0.39, 0.29) is 0 Å². The molecule has 0 radical (unpaired) electrons. The molecule has 0 bridgehead atoms. The van der Waals surface area contributed by atoms with Gasteiger partial charge in [-0.05, 0) is 117 Å². The summed E-state index contributed by atoms with van der Waals surface area (Å²) in [5.41, 5.74) is 3.68. The first-order valence-electron chi connectivity index (χ1n) is 17.6. The highest BCUT2D eigenvalue weighted by atomic mass is 15.4. The molecule has 0 spiro atoms. The number of nitrogens with one attached hydrogen (secondary N) is 2. The van der Waals surface area contributed by atoms with Crippen LogP contribution in [0.25, 0.3) is 0 Å². The van der Waals surface area contributed by atoms with Gasteiger partial charge in [-0.1, -0.05) is 68.9 Å². The summed E-state index contributed by atoms with van der Waals surface area (Å²) >= 11 is 0. The highest BCUT2D eigenvalue weighted by molar-refractivity contribution is 5.35. The van der Waals surface area contributed by atoms with Crippen LogP contribution in [0, 0.1) is 59.2 Å². The highest BCUT2D eigenvalue weighted by Crippen LogP contribution is 2.66. The van der Waals surface area contributed by atoms with E-state index in [4.69, 9.17) is 0 Å². The topological polar surface area (TPSA) is 27.3 Å². The van der Waals surface area contributed by atoms with Crippen LogP contribution in [-0.4, -0.2) is 29.3 Å². The van der Waals surface area contributed by atoms with Gasteiger partial charge in [-0.25, -0.2) is 0 Å². The molecule has 3 nitrogen and oxygen atoms in total. The normalized spacial score (nSPS) is 52.3. The molecule has 0 aromatic rings. The van der Waals surface area contributed by atoms with Crippen molar-refractivity contribution < 1.29 is 0 Å². The van der Waals surface area contributed by atoms with E-state index in [2.05, 4.69) is 46.8 Å². The maximum Gasteiger partial charge on any atom is 0.135 e. The molecule has 2 aliphatic heterocycles. The number of likely N-dealkylation sites (tertiary alicyclic amines) is 1. The summed E-state index contributed by atoms with van der Waals surface area (Å²) in [4.78, 5) is 3.05. The Bertz CT molecular complexity index is 1050. The fourth-order valence-corrected chi connectivity index (χ4v) is 13.1. The van der Waals surface area contributed by atoms with Gasteiger partial charge in [-0.3, -0.25) is 10.6 Å². The lowest BCUT2D eigenvalue weighted by Crippen LogP contribution is -2.70. The maximum absolute atomic E-state index is 4.43.